The summed E-state index contributed by atoms with van der Waals surface area (Å²) in [6.07, 6.45) is 20.4. The first-order chi connectivity index (χ1) is 27.2. The van der Waals surface area contributed by atoms with Gasteiger partial charge in [0.05, 0.1) is 5.69 Å². The lowest BCUT2D eigenvalue weighted by molar-refractivity contribution is 0.354. The number of hydrogen-bond acceptors (Lipinski definition) is 4. The zero-order valence-electron chi connectivity index (χ0n) is 30.4. The summed E-state index contributed by atoms with van der Waals surface area (Å²) in [4.78, 5) is 2.22. The number of anilines is 3. The number of allylic oxidation sites excluding steroid dienone is 9. The Labute approximate surface area is 321 Å². The van der Waals surface area contributed by atoms with E-state index in [0.717, 1.165) is 69.6 Å². The molecular weight excluding hydrogens is 675 g/mol. The second-order valence-corrected chi connectivity index (χ2v) is 14.3. The summed E-state index contributed by atoms with van der Waals surface area (Å²) in [7, 11) is 0. The van der Waals surface area contributed by atoms with Gasteiger partial charge in [0.15, 0.2) is 23.0 Å². The van der Waals surface area contributed by atoms with E-state index < -0.39 is 5.41 Å². The summed E-state index contributed by atoms with van der Waals surface area (Å²) in [5, 5.41) is 2.20. The van der Waals surface area contributed by atoms with Crippen molar-refractivity contribution in [2.75, 3.05) is 4.90 Å². The van der Waals surface area contributed by atoms with Crippen LogP contribution in [0.3, 0.4) is 0 Å². The highest BCUT2D eigenvalue weighted by Gasteiger charge is 2.42. The van der Waals surface area contributed by atoms with Crippen LogP contribution in [0.5, 0.6) is 23.0 Å². The minimum Gasteiger partial charge on any atom is -0.456 e. The molecule has 7 aromatic rings. The summed E-state index contributed by atoms with van der Waals surface area (Å²) in [6.45, 7) is 4.32. The minimum atomic E-state index is -0.412. The molecule has 55 heavy (non-hydrogen) atoms. The number of benzene rings is 6. The molecule has 0 amide bonds. The van der Waals surface area contributed by atoms with Gasteiger partial charge in [-0.3, -0.25) is 0 Å². The van der Waals surface area contributed by atoms with Crippen molar-refractivity contribution in [3.05, 3.63) is 211 Å². The number of para-hydroxylation sites is 2. The van der Waals surface area contributed by atoms with E-state index in [-0.39, 0.29) is 5.92 Å². The molecule has 1 aromatic heterocycles. The summed E-state index contributed by atoms with van der Waals surface area (Å²) >= 11 is 0. The van der Waals surface area contributed by atoms with Crippen LogP contribution in [0.1, 0.15) is 41.9 Å². The van der Waals surface area contributed by atoms with Crippen molar-refractivity contribution in [3.63, 3.8) is 0 Å². The van der Waals surface area contributed by atoms with E-state index in [9.17, 15) is 0 Å². The monoisotopic (exact) mass is 713 g/mol. The third-order valence-electron chi connectivity index (χ3n) is 11.3. The Morgan fingerprint density at radius 3 is 2.24 bits per heavy atom. The number of fused-ring (bicyclic) bond motifs is 7. The van der Waals surface area contributed by atoms with E-state index in [2.05, 4.69) is 157 Å². The van der Waals surface area contributed by atoms with Gasteiger partial charge in [0.25, 0.3) is 0 Å². The normalized spacial score (nSPS) is 19.6. The van der Waals surface area contributed by atoms with Gasteiger partial charge in [-0.1, -0.05) is 127 Å². The van der Waals surface area contributed by atoms with Gasteiger partial charge in [0.1, 0.15) is 11.2 Å². The van der Waals surface area contributed by atoms with E-state index >= 15 is 0 Å². The number of nitrogens with zero attached hydrogens (tertiary/aromatic N) is 1. The number of furan rings is 1. The predicted molar refractivity (Wildman–Crippen MR) is 225 cm³/mol. The number of hydrogen-bond donors (Lipinski definition) is 0. The molecule has 1 aliphatic heterocycles. The molecule has 0 radical (unpaired) electrons. The van der Waals surface area contributed by atoms with E-state index in [1.165, 1.54) is 16.7 Å². The molecule has 0 spiro atoms. The van der Waals surface area contributed by atoms with Crippen molar-refractivity contribution >= 4 is 39.0 Å². The highest BCUT2D eigenvalue weighted by Crippen LogP contribution is 2.56. The Balaban J connectivity index is 1.11. The molecule has 2 aliphatic carbocycles. The van der Waals surface area contributed by atoms with Crippen molar-refractivity contribution in [1.29, 1.82) is 0 Å². The Kier molecular flexibility index (Phi) is 8.10. The molecule has 266 valence electrons. The highest BCUT2D eigenvalue weighted by molar-refractivity contribution is 6.06. The van der Waals surface area contributed by atoms with Crippen LogP contribution < -0.4 is 14.4 Å². The Hall–Kier alpha value is -6.78. The van der Waals surface area contributed by atoms with Crippen LogP contribution in [0.4, 0.5) is 17.1 Å². The molecule has 0 fully saturated rings. The summed E-state index contributed by atoms with van der Waals surface area (Å²) < 4.78 is 20.2. The fourth-order valence-electron chi connectivity index (χ4n) is 8.73. The van der Waals surface area contributed by atoms with Gasteiger partial charge < -0.3 is 18.8 Å². The summed E-state index contributed by atoms with van der Waals surface area (Å²) in [5.74, 6) is 2.63. The maximum Gasteiger partial charge on any atom is 0.174 e. The summed E-state index contributed by atoms with van der Waals surface area (Å²) in [6, 6.07) is 46.4. The first-order valence-electron chi connectivity index (χ1n) is 19.0. The molecule has 3 aliphatic rings. The van der Waals surface area contributed by atoms with Crippen LogP contribution in [0.15, 0.2) is 199 Å². The van der Waals surface area contributed by atoms with Crippen molar-refractivity contribution in [2.24, 2.45) is 0 Å². The van der Waals surface area contributed by atoms with E-state index in [1.54, 1.807) is 0 Å². The largest absolute Gasteiger partial charge is 0.456 e. The van der Waals surface area contributed by atoms with E-state index in [0.29, 0.717) is 17.2 Å². The molecule has 2 heterocycles. The van der Waals surface area contributed by atoms with Crippen molar-refractivity contribution < 1.29 is 13.9 Å². The highest BCUT2D eigenvalue weighted by atomic mass is 16.6. The van der Waals surface area contributed by atoms with Gasteiger partial charge in [-0.05, 0) is 78.9 Å². The standard InChI is InChI=1S/C51H39NO3/c1-2-35-17-7-6-16-32-51(36-18-8-3-9-19-36,37-20-10-4-11-21-37)43-29-31-46-50(49(35)43)55-45-30-27-40(34-48(45)54-46)52(38-22-12-5-13-23-38)39-26-28-42-41-24-14-15-25-44(41)53-47(42)33-39/h2-10,12-20,22-31,33-35H,1,11,21,32H2/b16-6-,17-7-. The molecule has 2 unspecified atom stereocenters. The fourth-order valence-corrected chi connectivity index (χ4v) is 8.73. The van der Waals surface area contributed by atoms with Gasteiger partial charge in [-0.2, -0.15) is 0 Å². The number of ether oxygens (including phenoxy) is 2. The molecule has 0 saturated carbocycles. The quantitative estimate of drug-likeness (QED) is 0.161. The second-order valence-electron chi connectivity index (χ2n) is 14.3. The average Bonchev–Trinajstić information content (AvgIpc) is 3.65. The first-order valence-corrected chi connectivity index (χ1v) is 19.0. The van der Waals surface area contributed by atoms with Gasteiger partial charge >= 0.3 is 0 Å². The molecule has 0 saturated heterocycles. The molecule has 10 rings (SSSR count). The molecule has 4 nitrogen and oxygen atoms in total. The zero-order valence-corrected chi connectivity index (χ0v) is 30.4. The minimum absolute atomic E-state index is 0.110. The van der Waals surface area contributed by atoms with E-state index in [4.69, 9.17) is 13.9 Å². The second kappa shape index (κ2) is 13.6. The predicted octanol–water partition coefficient (Wildman–Crippen LogP) is 14.3. The molecule has 6 aromatic carbocycles. The first kappa shape index (κ1) is 32.8. The lowest BCUT2D eigenvalue weighted by Gasteiger charge is -2.41. The average molecular weight is 714 g/mol. The summed E-state index contributed by atoms with van der Waals surface area (Å²) in [5.41, 5.74) is 9.17. The molecule has 0 N–H and O–H groups in total. The van der Waals surface area contributed by atoms with Gasteiger partial charge in [-0.25, -0.2) is 0 Å². The maximum absolute atomic E-state index is 7.01. The lowest BCUT2D eigenvalue weighted by Crippen LogP contribution is -2.32. The smallest absolute Gasteiger partial charge is 0.174 e. The third kappa shape index (κ3) is 5.52. The van der Waals surface area contributed by atoms with Crippen molar-refractivity contribution in [2.45, 2.75) is 30.6 Å². The van der Waals surface area contributed by atoms with Crippen LogP contribution >= 0.6 is 0 Å². The van der Waals surface area contributed by atoms with E-state index in [1.807, 2.05) is 36.4 Å². The number of rotatable bonds is 6. The van der Waals surface area contributed by atoms with Crippen LogP contribution in [0, 0.1) is 0 Å². The Morgan fingerprint density at radius 2 is 1.40 bits per heavy atom. The Bertz CT molecular complexity index is 2720. The van der Waals surface area contributed by atoms with Crippen LogP contribution in [-0.2, 0) is 5.41 Å². The zero-order chi connectivity index (χ0) is 36.8. The molecule has 0 bridgehead atoms. The van der Waals surface area contributed by atoms with Gasteiger partial charge in [0.2, 0.25) is 0 Å². The van der Waals surface area contributed by atoms with Crippen molar-refractivity contribution in [3.8, 4) is 23.0 Å². The van der Waals surface area contributed by atoms with Gasteiger partial charge in [0, 0.05) is 51.2 Å². The SMILES string of the molecule is C=CC1/C=C\C=C/CC(C2=CC=CCC2)(c2ccccc2)c2ccc3c(c21)Oc1ccc(N(c2ccccc2)c2ccc4c(c2)oc2ccccc24)cc1O3. The fraction of sp³-hybridized carbons (Fsp3) is 0.0980. The van der Waals surface area contributed by atoms with Crippen LogP contribution in [0.2, 0.25) is 0 Å². The van der Waals surface area contributed by atoms with Gasteiger partial charge in [-0.15, -0.1) is 6.58 Å². The maximum atomic E-state index is 7.01. The van der Waals surface area contributed by atoms with Crippen molar-refractivity contribution in [1.82, 2.24) is 0 Å². The Morgan fingerprint density at radius 1 is 0.636 bits per heavy atom. The van der Waals surface area contributed by atoms with Crippen LogP contribution in [-0.4, -0.2) is 0 Å². The van der Waals surface area contributed by atoms with Crippen LogP contribution in [0.25, 0.3) is 21.9 Å². The molecular formula is C51H39NO3. The third-order valence-corrected chi connectivity index (χ3v) is 11.3. The topological polar surface area (TPSA) is 34.8 Å². The molecule has 2 atom stereocenters. The molecule has 4 heteroatoms. The lowest BCUT2D eigenvalue weighted by atomic mass is 9.63.